The highest BCUT2D eigenvalue weighted by molar-refractivity contribution is 7.80. The van der Waals surface area contributed by atoms with Crippen LogP contribution in [0.5, 0.6) is 0 Å². The Balaban J connectivity index is 2.03. The van der Waals surface area contributed by atoms with Gasteiger partial charge in [0.1, 0.15) is 29.4 Å². The van der Waals surface area contributed by atoms with Crippen molar-refractivity contribution in [1.82, 2.24) is 19.5 Å². The van der Waals surface area contributed by atoms with Crippen LogP contribution >= 0.6 is 12.6 Å². The third-order valence-electron chi connectivity index (χ3n) is 3.48. The SMILES string of the molecule is Cc1nc(N)c2ncn([C@H]3C[C@](N)(O)[C@@H](C(N)S)O3)c2n1. The monoisotopic (exact) mass is 311 g/mol. The van der Waals surface area contributed by atoms with E-state index in [1.54, 1.807) is 11.5 Å². The van der Waals surface area contributed by atoms with Crippen LogP contribution < -0.4 is 17.2 Å². The van der Waals surface area contributed by atoms with Crippen molar-refractivity contribution >= 4 is 29.6 Å². The molecule has 2 aromatic heterocycles. The summed E-state index contributed by atoms with van der Waals surface area (Å²) < 4.78 is 7.38. The molecule has 1 aliphatic heterocycles. The van der Waals surface area contributed by atoms with Crippen LogP contribution in [0, 0.1) is 6.92 Å². The van der Waals surface area contributed by atoms with Crippen LogP contribution in [0.3, 0.4) is 0 Å². The fourth-order valence-corrected chi connectivity index (χ4v) is 2.86. The molecule has 4 atom stereocenters. The van der Waals surface area contributed by atoms with E-state index in [0.29, 0.717) is 22.8 Å². The maximum Gasteiger partial charge on any atom is 0.167 e. The second kappa shape index (κ2) is 4.78. The minimum Gasteiger partial charge on any atom is -0.382 e. The number of nitrogens with two attached hydrogens (primary N) is 3. The Morgan fingerprint density at radius 3 is 2.90 bits per heavy atom. The summed E-state index contributed by atoms with van der Waals surface area (Å²) in [6.07, 6.45) is 0.313. The molecule has 0 amide bonds. The first-order valence-corrected chi connectivity index (χ1v) is 6.88. The number of hydrogen-bond donors (Lipinski definition) is 5. The van der Waals surface area contributed by atoms with E-state index in [1.165, 1.54) is 6.33 Å². The van der Waals surface area contributed by atoms with Crippen molar-refractivity contribution in [1.29, 1.82) is 0 Å². The maximum atomic E-state index is 10.2. The van der Waals surface area contributed by atoms with Crippen molar-refractivity contribution in [3.63, 3.8) is 0 Å². The quantitative estimate of drug-likeness (QED) is 0.345. The van der Waals surface area contributed by atoms with Gasteiger partial charge in [-0.15, -0.1) is 0 Å². The summed E-state index contributed by atoms with van der Waals surface area (Å²) in [4.78, 5) is 12.6. The highest BCUT2D eigenvalue weighted by Crippen LogP contribution is 2.36. The number of nitrogens with zero attached hydrogens (tertiary/aromatic N) is 4. The molecule has 3 heterocycles. The van der Waals surface area contributed by atoms with Crippen LogP contribution in [0.25, 0.3) is 11.2 Å². The number of hydrogen-bond acceptors (Lipinski definition) is 9. The third kappa shape index (κ3) is 2.34. The van der Waals surface area contributed by atoms with Crippen LogP contribution in [0.4, 0.5) is 5.82 Å². The minimum atomic E-state index is -1.57. The van der Waals surface area contributed by atoms with E-state index in [-0.39, 0.29) is 6.42 Å². The molecule has 1 aliphatic rings. The normalized spacial score (nSPS) is 30.9. The first-order chi connectivity index (χ1) is 9.79. The van der Waals surface area contributed by atoms with E-state index in [2.05, 4.69) is 27.6 Å². The van der Waals surface area contributed by atoms with Crippen LogP contribution in [-0.2, 0) is 4.74 Å². The number of fused-ring (bicyclic) bond motifs is 1. The van der Waals surface area contributed by atoms with Crippen molar-refractivity contribution < 1.29 is 9.84 Å². The molecule has 0 aliphatic carbocycles. The van der Waals surface area contributed by atoms with Crippen molar-refractivity contribution in [2.75, 3.05) is 5.73 Å². The van der Waals surface area contributed by atoms with E-state index in [0.717, 1.165) is 0 Å². The van der Waals surface area contributed by atoms with Gasteiger partial charge in [-0.25, -0.2) is 15.0 Å². The average Bonchev–Trinajstić information content (AvgIpc) is 2.89. The highest BCUT2D eigenvalue weighted by Gasteiger charge is 2.47. The summed E-state index contributed by atoms with van der Waals surface area (Å²) in [5.74, 6) is 0.810. The fourth-order valence-electron chi connectivity index (χ4n) is 2.53. The molecule has 1 saturated heterocycles. The summed E-state index contributed by atoms with van der Waals surface area (Å²) in [5, 5.41) is 9.50. The van der Waals surface area contributed by atoms with Gasteiger partial charge in [0.25, 0.3) is 0 Å². The molecule has 1 fully saturated rings. The van der Waals surface area contributed by atoms with E-state index in [4.69, 9.17) is 21.9 Å². The molecular weight excluding hydrogens is 294 g/mol. The lowest BCUT2D eigenvalue weighted by Gasteiger charge is -2.25. The second-order valence-corrected chi connectivity index (χ2v) is 5.77. The Labute approximate surface area is 125 Å². The molecule has 0 aromatic carbocycles. The third-order valence-corrected chi connectivity index (χ3v) is 3.75. The lowest BCUT2D eigenvalue weighted by molar-refractivity contribution is -0.0546. The summed E-state index contributed by atoms with van der Waals surface area (Å²) in [5.41, 5.74) is 16.8. The fraction of sp³-hybridized carbons (Fsp3) is 0.545. The Morgan fingerprint density at radius 2 is 2.29 bits per heavy atom. The van der Waals surface area contributed by atoms with E-state index < -0.39 is 23.4 Å². The van der Waals surface area contributed by atoms with Crippen LogP contribution in [0.1, 0.15) is 18.5 Å². The highest BCUT2D eigenvalue weighted by atomic mass is 32.1. The molecule has 0 spiro atoms. The lowest BCUT2D eigenvalue weighted by atomic mass is 10.1. The number of anilines is 1. The molecule has 1 unspecified atom stereocenters. The first kappa shape index (κ1) is 14.5. The lowest BCUT2D eigenvalue weighted by Crippen LogP contribution is -2.53. The van der Waals surface area contributed by atoms with Crippen molar-refractivity contribution in [2.45, 2.75) is 36.8 Å². The Hall–Kier alpha value is -1.46. The van der Waals surface area contributed by atoms with Gasteiger partial charge in [-0.3, -0.25) is 4.57 Å². The van der Waals surface area contributed by atoms with Gasteiger partial charge in [-0.1, -0.05) is 0 Å². The summed E-state index contributed by atoms with van der Waals surface area (Å²) >= 11 is 4.09. The van der Waals surface area contributed by atoms with Gasteiger partial charge in [0.05, 0.1) is 11.7 Å². The molecule has 2 aromatic rings. The number of aliphatic hydroxyl groups is 1. The number of aromatic nitrogens is 4. The number of nitrogen functional groups attached to an aromatic ring is 1. The summed E-state index contributed by atoms with van der Waals surface area (Å²) in [6, 6.07) is 0. The first-order valence-electron chi connectivity index (χ1n) is 6.36. The largest absolute Gasteiger partial charge is 0.382 e. The zero-order valence-corrected chi connectivity index (χ0v) is 12.2. The van der Waals surface area contributed by atoms with Crippen LogP contribution in [0.15, 0.2) is 6.33 Å². The number of aryl methyl sites for hydroxylation is 1. The zero-order valence-electron chi connectivity index (χ0n) is 11.3. The van der Waals surface area contributed by atoms with Gasteiger partial charge < -0.3 is 27.0 Å². The van der Waals surface area contributed by atoms with Crippen molar-refractivity contribution in [3.05, 3.63) is 12.2 Å². The summed E-state index contributed by atoms with van der Waals surface area (Å²) in [7, 11) is 0. The van der Waals surface area contributed by atoms with Crippen LogP contribution in [0.2, 0.25) is 0 Å². The molecule has 9 nitrogen and oxygen atoms in total. The predicted octanol–water partition coefficient (Wildman–Crippen LogP) is -1.13. The van der Waals surface area contributed by atoms with Crippen molar-refractivity contribution in [2.24, 2.45) is 11.5 Å². The van der Waals surface area contributed by atoms with E-state index >= 15 is 0 Å². The standard InChI is InChI=1S/C11H17N7O2S/c1-4-16-8(12)6-10(17-4)18(3-15-6)5-2-11(14,19)7(20-5)9(13)21/h3,5,7,9,19,21H,2,13-14H2,1H3,(H2,12,16,17)/t5-,7-,9?,11+/m1/s1. The van der Waals surface area contributed by atoms with Gasteiger partial charge in [0.2, 0.25) is 0 Å². The minimum absolute atomic E-state index is 0.139. The molecule has 0 radical (unpaired) electrons. The van der Waals surface area contributed by atoms with Crippen LogP contribution in [-0.4, -0.2) is 41.8 Å². The molecule has 3 rings (SSSR count). The van der Waals surface area contributed by atoms with E-state index in [9.17, 15) is 5.11 Å². The molecule has 0 saturated carbocycles. The number of thiol groups is 1. The molecular formula is C11H17N7O2S. The number of ether oxygens (including phenoxy) is 1. The molecule has 7 N–H and O–H groups in total. The molecule has 0 bridgehead atoms. The predicted molar refractivity (Wildman–Crippen MR) is 79.1 cm³/mol. The zero-order chi connectivity index (χ0) is 15.4. The number of rotatable bonds is 2. The Kier molecular flexibility index (Phi) is 3.30. The smallest absolute Gasteiger partial charge is 0.167 e. The molecule has 114 valence electrons. The number of imidazole rings is 1. The van der Waals surface area contributed by atoms with Gasteiger partial charge in [-0.05, 0) is 6.92 Å². The Morgan fingerprint density at radius 1 is 1.57 bits per heavy atom. The van der Waals surface area contributed by atoms with Gasteiger partial charge in [0.15, 0.2) is 11.5 Å². The maximum absolute atomic E-state index is 10.2. The van der Waals surface area contributed by atoms with Gasteiger partial charge in [0, 0.05) is 6.42 Å². The summed E-state index contributed by atoms with van der Waals surface area (Å²) in [6.45, 7) is 1.73. The van der Waals surface area contributed by atoms with Gasteiger partial charge in [-0.2, -0.15) is 12.6 Å². The molecule has 21 heavy (non-hydrogen) atoms. The second-order valence-electron chi connectivity index (χ2n) is 5.18. The molecule has 10 heteroatoms. The van der Waals surface area contributed by atoms with Gasteiger partial charge >= 0.3 is 0 Å². The average molecular weight is 311 g/mol. The topological polar surface area (TPSA) is 151 Å². The van der Waals surface area contributed by atoms with E-state index in [1.807, 2.05) is 0 Å². The Bertz CT molecular complexity index is 687. The van der Waals surface area contributed by atoms with Crippen molar-refractivity contribution in [3.8, 4) is 0 Å².